The SMILES string of the molecule is CC(C)C(=O)C1C=CC=CS1(=S)=S. The first-order chi connectivity index (χ1) is 5.95. The van der Waals surface area contributed by atoms with Crippen molar-refractivity contribution in [2.24, 2.45) is 5.92 Å². The van der Waals surface area contributed by atoms with E-state index in [0.717, 1.165) is 0 Å². The fourth-order valence-electron chi connectivity index (χ4n) is 1.10. The Morgan fingerprint density at radius 1 is 1.38 bits per heavy atom. The van der Waals surface area contributed by atoms with E-state index in [-0.39, 0.29) is 17.0 Å². The Labute approximate surface area is 88.7 Å². The maximum atomic E-state index is 11.7. The highest BCUT2D eigenvalue weighted by Crippen LogP contribution is 2.17. The largest absolute Gasteiger partial charge is 0.298 e. The topological polar surface area (TPSA) is 17.1 Å². The Morgan fingerprint density at radius 3 is 2.46 bits per heavy atom. The molecule has 1 nitrogen and oxygen atoms in total. The number of allylic oxidation sites excluding steroid dienone is 2. The molecule has 0 amide bonds. The lowest BCUT2D eigenvalue weighted by Crippen LogP contribution is -2.30. The van der Waals surface area contributed by atoms with Crippen molar-refractivity contribution in [2.45, 2.75) is 19.1 Å². The fraction of sp³-hybridized carbons (Fsp3) is 0.444. The fourth-order valence-corrected chi connectivity index (χ4v) is 3.82. The van der Waals surface area contributed by atoms with E-state index in [1.54, 1.807) is 0 Å². The Kier molecular flexibility index (Phi) is 3.38. The maximum absolute atomic E-state index is 11.7. The van der Waals surface area contributed by atoms with Crippen molar-refractivity contribution in [3.05, 3.63) is 23.6 Å². The molecule has 0 aromatic carbocycles. The van der Waals surface area contributed by atoms with Crippen LogP contribution in [0, 0.1) is 5.92 Å². The normalized spacial score (nSPS) is 25.0. The minimum atomic E-state index is -1.72. The number of carbonyl (C=O) groups is 1. The standard InChI is InChI=1S/C9H12OS3/c1-7(2)9(10)8-5-3-4-6-13(8,11)12/h3-8H,1-2H3. The average molecular weight is 232 g/mol. The van der Waals surface area contributed by atoms with E-state index in [0.29, 0.717) is 0 Å². The predicted octanol–water partition coefficient (Wildman–Crippen LogP) is 1.74. The highest BCUT2D eigenvalue weighted by molar-refractivity contribution is 8.58. The highest BCUT2D eigenvalue weighted by atomic mass is 33.1. The molecule has 0 saturated carbocycles. The Morgan fingerprint density at radius 2 is 2.00 bits per heavy atom. The third-order valence-corrected chi connectivity index (χ3v) is 5.41. The van der Waals surface area contributed by atoms with E-state index in [9.17, 15) is 4.79 Å². The van der Waals surface area contributed by atoms with Gasteiger partial charge in [-0.3, -0.25) is 4.79 Å². The van der Waals surface area contributed by atoms with Gasteiger partial charge in [-0.1, -0.05) is 39.2 Å². The second-order valence-corrected chi connectivity index (χ2v) is 9.18. The van der Waals surface area contributed by atoms with Gasteiger partial charge in [-0.05, 0) is 27.8 Å². The van der Waals surface area contributed by atoms with Gasteiger partial charge in [-0.25, -0.2) is 0 Å². The summed E-state index contributed by atoms with van der Waals surface area (Å²) in [6, 6.07) is 0. The molecular formula is C9H12OS3. The van der Waals surface area contributed by atoms with Gasteiger partial charge in [0.1, 0.15) is 0 Å². The van der Waals surface area contributed by atoms with E-state index in [1.807, 2.05) is 37.5 Å². The van der Waals surface area contributed by atoms with E-state index < -0.39 is 7.15 Å². The van der Waals surface area contributed by atoms with E-state index in [4.69, 9.17) is 22.4 Å². The monoisotopic (exact) mass is 232 g/mol. The number of hydrogen-bond donors (Lipinski definition) is 0. The Hall–Kier alpha value is -0.0600. The lowest BCUT2D eigenvalue weighted by Gasteiger charge is -2.19. The van der Waals surface area contributed by atoms with Gasteiger partial charge in [0.15, 0.2) is 5.78 Å². The second-order valence-electron chi connectivity index (χ2n) is 3.28. The van der Waals surface area contributed by atoms with Crippen molar-refractivity contribution in [3.63, 3.8) is 0 Å². The first-order valence-electron chi connectivity index (χ1n) is 4.07. The number of carbonyl (C=O) groups excluding carboxylic acids is 1. The Balaban J connectivity index is 3.00. The molecule has 0 fully saturated rings. The number of Topliss-reactive ketones (excluding diaryl/α,β-unsaturated/α-hetero) is 1. The van der Waals surface area contributed by atoms with Gasteiger partial charge in [0, 0.05) is 5.92 Å². The van der Waals surface area contributed by atoms with Crippen molar-refractivity contribution < 1.29 is 4.79 Å². The minimum absolute atomic E-state index is 0.0129. The zero-order valence-corrected chi connectivity index (χ0v) is 10.0. The summed E-state index contributed by atoms with van der Waals surface area (Å²) in [6.07, 6.45) is 5.55. The molecule has 0 aliphatic carbocycles. The predicted molar refractivity (Wildman–Crippen MR) is 64.0 cm³/mol. The van der Waals surface area contributed by atoms with Gasteiger partial charge in [0.2, 0.25) is 0 Å². The zero-order valence-electron chi connectivity index (χ0n) is 7.60. The van der Waals surface area contributed by atoms with Crippen LogP contribution in [0.1, 0.15) is 13.8 Å². The average Bonchev–Trinajstić information content (AvgIpc) is 2.02. The van der Waals surface area contributed by atoms with Crippen LogP contribution in [0.15, 0.2) is 23.6 Å². The van der Waals surface area contributed by atoms with Gasteiger partial charge in [0.05, 0.1) is 5.25 Å². The van der Waals surface area contributed by atoms with Crippen molar-refractivity contribution >= 4 is 35.3 Å². The lowest BCUT2D eigenvalue weighted by molar-refractivity contribution is -0.120. The van der Waals surface area contributed by atoms with Gasteiger partial charge in [-0.2, -0.15) is 0 Å². The molecule has 0 N–H and O–H groups in total. The smallest absolute Gasteiger partial charge is 0.153 e. The van der Waals surface area contributed by atoms with Crippen LogP contribution in [0.5, 0.6) is 0 Å². The van der Waals surface area contributed by atoms with Crippen molar-refractivity contribution in [1.29, 1.82) is 0 Å². The van der Waals surface area contributed by atoms with Crippen molar-refractivity contribution in [2.75, 3.05) is 0 Å². The Bertz CT molecular complexity index is 360. The summed E-state index contributed by atoms with van der Waals surface area (Å²) >= 11 is 10.5. The van der Waals surface area contributed by atoms with Gasteiger partial charge in [0.25, 0.3) is 0 Å². The third-order valence-electron chi connectivity index (χ3n) is 1.87. The van der Waals surface area contributed by atoms with Crippen molar-refractivity contribution in [1.82, 2.24) is 0 Å². The van der Waals surface area contributed by atoms with E-state index >= 15 is 0 Å². The van der Waals surface area contributed by atoms with E-state index in [1.165, 1.54) is 0 Å². The van der Waals surface area contributed by atoms with Gasteiger partial charge >= 0.3 is 0 Å². The van der Waals surface area contributed by atoms with Crippen LogP contribution in [0.2, 0.25) is 0 Å². The molecule has 72 valence electrons. The summed E-state index contributed by atoms with van der Waals surface area (Å²) in [5, 5.41) is 1.59. The van der Waals surface area contributed by atoms with Crippen LogP contribution in [-0.2, 0) is 34.3 Å². The number of ketones is 1. The summed E-state index contributed by atoms with van der Waals surface area (Å²) in [6.45, 7) is 3.77. The quantitative estimate of drug-likeness (QED) is 0.722. The third kappa shape index (κ3) is 2.45. The molecule has 1 heterocycles. The summed E-state index contributed by atoms with van der Waals surface area (Å²) in [5.74, 6) is 0.180. The minimum Gasteiger partial charge on any atom is -0.298 e. The molecule has 4 heteroatoms. The number of hydrogen-bond acceptors (Lipinski definition) is 3. The lowest BCUT2D eigenvalue weighted by atomic mass is 10.1. The maximum Gasteiger partial charge on any atom is 0.153 e. The summed E-state index contributed by atoms with van der Waals surface area (Å²) in [5.41, 5.74) is 0. The van der Waals surface area contributed by atoms with E-state index in [2.05, 4.69) is 0 Å². The first kappa shape index (κ1) is 11.0. The molecule has 0 bridgehead atoms. The molecule has 0 spiro atoms. The van der Waals surface area contributed by atoms with Crippen LogP contribution >= 0.6 is 0 Å². The van der Waals surface area contributed by atoms with Crippen LogP contribution in [0.3, 0.4) is 0 Å². The molecule has 1 atom stereocenters. The van der Waals surface area contributed by atoms with Crippen LogP contribution in [0.25, 0.3) is 0 Å². The molecule has 0 saturated heterocycles. The molecule has 1 unspecified atom stereocenters. The molecule has 13 heavy (non-hydrogen) atoms. The summed E-state index contributed by atoms with van der Waals surface area (Å²) in [4.78, 5) is 11.7. The molecule has 1 rings (SSSR count). The highest BCUT2D eigenvalue weighted by Gasteiger charge is 2.25. The summed E-state index contributed by atoms with van der Waals surface area (Å²) in [7, 11) is -1.72. The van der Waals surface area contributed by atoms with Crippen LogP contribution in [0.4, 0.5) is 0 Å². The zero-order chi connectivity index (χ0) is 10.1. The van der Waals surface area contributed by atoms with Gasteiger partial charge in [-0.15, -0.1) is 0 Å². The number of rotatable bonds is 2. The summed E-state index contributed by atoms with van der Waals surface area (Å²) < 4.78 is 0. The van der Waals surface area contributed by atoms with Crippen molar-refractivity contribution in [3.8, 4) is 0 Å². The van der Waals surface area contributed by atoms with Crippen LogP contribution < -0.4 is 0 Å². The molecule has 0 radical (unpaired) electrons. The molecular weight excluding hydrogens is 220 g/mol. The van der Waals surface area contributed by atoms with Crippen LogP contribution in [-0.4, -0.2) is 11.0 Å². The molecule has 0 aromatic heterocycles. The second kappa shape index (κ2) is 3.98. The molecule has 0 aromatic rings. The molecule has 1 aliphatic heterocycles. The molecule has 1 aliphatic rings. The first-order valence-corrected chi connectivity index (χ1v) is 7.68. The van der Waals surface area contributed by atoms with Gasteiger partial charge < -0.3 is 0 Å².